The number of hydrogen-bond donors (Lipinski definition) is 1. The van der Waals surface area contributed by atoms with Gasteiger partial charge in [0.2, 0.25) is 0 Å². The third kappa shape index (κ3) is 7.31. The average Bonchev–Trinajstić information content (AvgIpc) is 2.12. The Hall–Kier alpha value is -0.110. The molecule has 0 spiro atoms. The van der Waals surface area contributed by atoms with Gasteiger partial charge in [-0.15, -0.1) is 0 Å². The molecular weight excluding hydrogens is 177 g/mol. The molecule has 1 atom stereocenters. The zero-order valence-electron chi connectivity index (χ0n) is 10.2. The van der Waals surface area contributed by atoms with Crippen LogP contribution in [0.5, 0.6) is 0 Å². The smallest absolute Gasteiger partial charge is 0.0900 e. The first kappa shape index (κ1) is 13.9. The lowest BCUT2D eigenvalue weighted by molar-refractivity contribution is 0.273. The molecule has 0 aromatic rings. The SMILES string of the molecule is CC[C@@H](C)CCNCC(C)(C)CCF. The predicted molar refractivity (Wildman–Crippen MR) is 61.3 cm³/mol. The van der Waals surface area contributed by atoms with Crippen molar-refractivity contribution in [3.8, 4) is 0 Å². The summed E-state index contributed by atoms with van der Waals surface area (Å²) in [5, 5.41) is 3.41. The van der Waals surface area contributed by atoms with Crippen LogP contribution in [-0.2, 0) is 0 Å². The van der Waals surface area contributed by atoms with Gasteiger partial charge in [0.05, 0.1) is 6.67 Å². The molecule has 0 fully saturated rings. The highest BCUT2D eigenvalue weighted by atomic mass is 19.1. The molecule has 0 aromatic carbocycles. The third-order valence-electron chi connectivity index (χ3n) is 2.89. The quantitative estimate of drug-likeness (QED) is 0.596. The molecule has 0 saturated heterocycles. The monoisotopic (exact) mass is 203 g/mol. The predicted octanol–water partition coefficient (Wildman–Crippen LogP) is 3.40. The molecule has 0 bridgehead atoms. The molecule has 0 unspecified atom stereocenters. The van der Waals surface area contributed by atoms with Crippen molar-refractivity contribution in [3.05, 3.63) is 0 Å². The van der Waals surface area contributed by atoms with Crippen molar-refractivity contribution in [2.45, 2.75) is 47.0 Å². The third-order valence-corrected chi connectivity index (χ3v) is 2.89. The summed E-state index contributed by atoms with van der Waals surface area (Å²) in [7, 11) is 0. The van der Waals surface area contributed by atoms with Crippen LogP contribution >= 0.6 is 0 Å². The second kappa shape index (κ2) is 7.22. The van der Waals surface area contributed by atoms with Crippen LogP contribution in [0, 0.1) is 11.3 Å². The van der Waals surface area contributed by atoms with Crippen molar-refractivity contribution < 1.29 is 4.39 Å². The fourth-order valence-corrected chi connectivity index (χ4v) is 1.32. The Bertz CT molecular complexity index is 134. The second-order valence-corrected chi connectivity index (χ2v) is 5.08. The van der Waals surface area contributed by atoms with Crippen LogP contribution < -0.4 is 5.32 Å². The van der Waals surface area contributed by atoms with E-state index in [4.69, 9.17) is 0 Å². The zero-order valence-corrected chi connectivity index (χ0v) is 10.2. The van der Waals surface area contributed by atoms with E-state index in [0.29, 0.717) is 6.42 Å². The van der Waals surface area contributed by atoms with E-state index in [-0.39, 0.29) is 12.1 Å². The molecule has 1 nitrogen and oxygen atoms in total. The molecule has 0 aliphatic carbocycles. The van der Waals surface area contributed by atoms with Crippen molar-refractivity contribution >= 4 is 0 Å². The van der Waals surface area contributed by atoms with E-state index in [0.717, 1.165) is 19.0 Å². The van der Waals surface area contributed by atoms with E-state index >= 15 is 0 Å². The lowest BCUT2D eigenvalue weighted by Crippen LogP contribution is -2.31. The Morgan fingerprint density at radius 3 is 2.50 bits per heavy atom. The number of rotatable bonds is 8. The van der Waals surface area contributed by atoms with E-state index < -0.39 is 0 Å². The minimum absolute atomic E-state index is 0.101. The Kier molecular flexibility index (Phi) is 7.16. The first-order valence-electron chi connectivity index (χ1n) is 5.78. The van der Waals surface area contributed by atoms with Crippen molar-refractivity contribution in [2.24, 2.45) is 11.3 Å². The summed E-state index contributed by atoms with van der Waals surface area (Å²) in [4.78, 5) is 0. The molecule has 0 aromatic heterocycles. The maximum Gasteiger partial charge on any atom is 0.0900 e. The van der Waals surface area contributed by atoms with Crippen LogP contribution in [0.3, 0.4) is 0 Å². The average molecular weight is 203 g/mol. The van der Waals surface area contributed by atoms with Crippen LogP contribution in [0.2, 0.25) is 0 Å². The van der Waals surface area contributed by atoms with Gasteiger partial charge in [-0.3, -0.25) is 4.39 Å². The molecule has 0 aliphatic heterocycles. The fourth-order valence-electron chi connectivity index (χ4n) is 1.32. The fraction of sp³-hybridized carbons (Fsp3) is 1.00. The Balaban J connectivity index is 3.43. The normalized spacial score (nSPS) is 14.4. The van der Waals surface area contributed by atoms with Gasteiger partial charge in [-0.1, -0.05) is 34.1 Å². The highest BCUT2D eigenvalue weighted by molar-refractivity contribution is 4.71. The van der Waals surface area contributed by atoms with Crippen LogP contribution in [0.15, 0.2) is 0 Å². The van der Waals surface area contributed by atoms with E-state index in [1.54, 1.807) is 0 Å². The first-order chi connectivity index (χ1) is 6.52. The van der Waals surface area contributed by atoms with Gasteiger partial charge in [0, 0.05) is 6.54 Å². The van der Waals surface area contributed by atoms with Gasteiger partial charge in [-0.2, -0.15) is 0 Å². The maximum absolute atomic E-state index is 12.2. The van der Waals surface area contributed by atoms with E-state index in [9.17, 15) is 4.39 Å². The van der Waals surface area contributed by atoms with Gasteiger partial charge in [-0.25, -0.2) is 0 Å². The van der Waals surface area contributed by atoms with Gasteiger partial charge in [0.1, 0.15) is 0 Å². The lowest BCUT2D eigenvalue weighted by Gasteiger charge is -2.23. The molecule has 14 heavy (non-hydrogen) atoms. The topological polar surface area (TPSA) is 12.0 Å². The molecule has 0 radical (unpaired) electrons. The number of hydrogen-bond acceptors (Lipinski definition) is 1. The first-order valence-corrected chi connectivity index (χ1v) is 5.78. The molecule has 0 rings (SSSR count). The summed E-state index contributed by atoms with van der Waals surface area (Å²) in [6, 6.07) is 0. The molecule has 0 heterocycles. The highest BCUT2D eigenvalue weighted by Crippen LogP contribution is 2.18. The number of halogens is 1. The number of nitrogens with one attached hydrogen (secondary N) is 1. The summed E-state index contributed by atoms with van der Waals surface area (Å²) in [5.41, 5.74) is 0.101. The van der Waals surface area contributed by atoms with E-state index in [2.05, 4.69) is 33.0 Å². The van der Waals surface area contributed by atoms with E-state index in [1.807, 2.05) is 0 Å². The Morgan fingerprint density at radius 2 is 2.00 bits per heavy atom. The summed E-state index contributed by atoms with van der Waals surface area (Å²) in [6.45, 7) is 10.5. The van der Waals surface area contributed by atoms with Crippen LogP contribution in [-0.4, -0.2) is 19.8 Å². The van der Waals surface area contributed by atoms with Gasteiger partial charge in [0.25, 0.3) is 0 Å². The molecule has 0 saturated carbocycles. The molecule has 0 amide bonds. The zero-order chi connectivity index (χ0) is 11.0. The molecule has 86 valence electrons. The summed E-state index contributed by atoms with van der Waals surface area (Å²) < 4.78 is 12.2. The standard InChI is InChI=1S/C12H26FN/c1-5-11(2)6-9-14-10-12(3,4)7-8-13/h11,14H,5-10H2,1-4H3/t11-/m1/s1. The van der Waals surface area contributed by atoms with Crippen molar-refractivity contribution in [1.29, 1.82) is 0 Å². The molecular formula is C12H26FN. The van der Waals surface area contributed by atoms with Gasteiger partial charge in [0.15, 0.2) is 0 Å². The van der Waals surface area contributed by atoms with Crippen molar-refractivity contribution in [3.63, 3.8) is 0 Å². The second-order valence-electron chi connectivity index (χ2n) is 5.08. The van der Waals surface area contributed by atoms with E-state index in [1.165, 1.54) is 12.8 Å². The lowest BCUT2D eigenvalue weighted by atomic mass is 9.90. The van der Waals surface area contributed by atoms with Crippen molar-refractivity contribution in [1.82, 2.24) is 5.32 Å². The van der Waals surface area contributed by atoms with Crippen LogP contribution in [0.25, 0.3) is 0 Å². The minimum Gasteiger partial charge on any atom is -0.316 e. The van der Waals surface area contributed by atoms with Crippen molar-refractivity contribution in [2.75, 3.05) is 19.8 Å². The van der Waals surface area contributed by atoms with Crippen LogP contribution in [0.1, 0.15) is 47.0 Å². The Morgan fingerprint density at radius 1 is 1.36 bits per heavy atom. The summed E-state index contributed by atoms with van der Waals surface area (Å²) in [5.74, 6) is 0.798. The maximum atomic E-state index is 12.2. The molecule has 0 aliphatic rings. The largest absolute Gasteiger partial charge is 0.316 e. The minimum atomic E-state index is -0.208. The molecule has 1 N–H and O–H groups in total. The highest BCUT2D eigenvalue weighted by Gasteiger charge is 2.16. The molecule has 2 heteroatoms. The van der Waals surface area contributed by atoms with Gasteiger partial charge >= 0.3 is 0 Å². The van der Waals surface area contributed by atoms with Gasteiger partial charge in [-0.05, 0) is 30.7 Å². The summed E-state index contributed by atoms with van der Waals surface area (Å²) in [6.07, 6.45) is 3.13. The van der Waals surface area contributed by atoms with Crippen LogP contribution in [0.4, 0.5) is 4.39 Å². The number of alkyl halides is 1. The summed E-state index contributed by atoms with van der Waals surface area (Å²) >= 11 is 0. The Labute approximate surface area is 88.5 Å². The van der Waals surface area contributed by atoms with Gasteiger partial charge < -0.3 is 5.32 Å².